The minimum atomic E-state index is -0.703. The van der Waals surface area contributed by atoms with Crippen molar-refractivity contribution in [1.29, 1.82) is 0 Å². The number of aromatic nitrogens is 2. The maximum Gasteiger partial charge on any atom is 0.271 e. The highest BCUT2D eigenvalue weighted by Gasteiger charge is 2.32. The maximum absolute atomic E-state index is 12.8. The van der Waals surface area contributed by atoms with Crippen LogP contribution in [0, 0.1) is 0 Å². The Balaban J connectivity index is 1.44. The molecule has 6 nitrogen and oxygen atoms in total. The minimum Gasteiger partial charge on any atom is -0.339 e. The molecule has 2 amide bonds. The van der Waals surface area contributed by atoms with Crippen molar-refractivity contribution in [2.75, 3.05) is 5.32 Å². The first-order chi connectivity index (χ1) is 14.7. The fourth-order valence-electron chi connectivity index (χ4n) is 3.90. The molecule has 1 aliphatic rings. The predicted octanol–water partition coefficient (Wildman–Crippen LogP) is 4.60. The Morgan fingerprint density at radius 2 is 2.00 bits per heavy atom. The summed E-state index contributed by atoms with van der Waals surface area (Å²) >= 11 is 1.44. The van der Waals surface area contributed by atoms with Crippen molar-refractivity contribution in [3.05, 3.63) is 71.2 Å². The van der Waals surface area contributed by atoms with Gasteiger partial charge in [0.2, 0.25) is 0 Å². The summed E-state index contributed by atoms with van der Waals surface area (Å²) in [7, 11) is 0. The number of carbonyl (C=O) groups excluding carboxylic acids is 2. The van der Waals surface area contributed by atoms with Crippen LogP contribution in [0.1, 0.15) is 35.4 Å². The van der Waals surface area contributed by atoms with Gasteiger partial charge in [0.05, 0.1) is 5.69 Å². The minimum absolute atomic E-state index is 0.233. The lowest BCUT2D eigenvalue weighted by Crippen LogP contribution is -2.33. The van der Waals surface area contributed by atoms with Crippen LogP contribution in [0.25, 0.3) is 21.6 Å². The average molecular weight is 417 g/mol. The lowest BCUT2D eigenvalue weighted by molar-refractivity contribution is -0.117. The molecule has 4 aromatic rings. The van der Waals surface area contributed by atoms with Gasteiger partial charge in [-0.2, -0.15) is 0 Å². The van der Waals surface area contributed by atoms with Crippen LogP contribution in [-0.4, -0.2) is 21.4 Å². The molecule has 7 heteroatoms. The second-order valence-corrected chi connectivity index (χ2v) is 8.12. The largest absolute Gasteiger partial charge is 0.339 e. The SMILES string of the molecule is CCCn1c(-c2nc(C(=O)NC3C(=O)Nc4ccccc43)cs2)cc2ccccc21. The molecule has 0 fully saturated rings. The van der Waals surface area contributed by atoms with E-state index >= 15 is 0 Å². The number of thiazole rings is 1. The third-order valence-corrected chi connectivity index (χ3v) is 6.15. The molecule has 5 rings (SSSR count). The number of fused-ring (bicyclic) bond motifs is 2. The Morgan fingerprint density at radius 1 is 1.20 bits per heavy atom. The van der Waals surface area contributed by atoms with Crippen molar-refractivity contribution in [3.63, 3.8) is 0 Å². The number of amides is 2. The zero-order chi connectivity index (χ0) is 20.7. The van der Waals surface area contributed by atoms with E-state index in [4.69, 9.17) is 0 Å². The zero-order valence-corrected chi connectivity index (χ0v) is 17.2. The molecule has 0 saturated carbocycles. The summed E-state index contributed by atoms with van der Waals surface area (Å²) in [5, 5.41) is 9.31. The van der Waals surface area contributed by atoms with E-state index < -0.39 is 6.04 Å². The fraction of sp³-hybridized carbons (Fsp3) is 0.174. The van der Waals surface area contributed by atoms with Crippen LogP contribution in [0.15, 0.2) is 60.0 Å². The number of anilines is 1. The van der Waals surface area contributed by atoms with E-state index in [9.17, 15) is 9.59 Å². The summed E-state index contributed by atoms with van der Waals surface area (Å²) in [5.41, 5.74) is 3.99. The standard InChI is InChI=1S/C23H20N4O2S/c1-2-11-27-18-10-6-3-7-14(18)12-19(27)23-25-17(13-30-23)21(28)26-20-15-8-4-5-9-16(15)24-22(20)29/h3-10,12-13,20H,2,11H2,1H3,(H,24,29)(H,26,28). The van der Waals surface area contributed by atoms with Crippen molar-refractivity contribution in [2.24, 2.45) is 0 Å². The predicted molar refractivity (Wildman–Crippen MR) is 119 cm³/mol. The molecule has 2 aromatic carbocycles. The molecule has 2 N–H and O–H groups in total. The van der Waals surface area contributed by atoms with Gasteiger partial charge in [-0.25, -0.2) is 4.98 Å². The Bertz CT molecular complexity index is 1270. The summed E-state index contributed by atoms with van der Waals surface area (Å²) in [6.07, 6.45) is 1.00. The van der Waals surface area contributed by atoms with Gasteiger partial charge in [0.25, 0.3) is 11.8 Å². The van der Waals surface area contributed by atoms with Crippen molar-refractivity contribution >= 4 is 39.7 Å². The average Bonchev–Trinajstić information content (AvgIpc) is 3.45. The topological polar surface area (TPSA) is 76.0 Å². The second-order valence-electron chi connectivity index (χ2n) is 7.26. The van der Waals surface area contributed by atoms with Crippen molar-refractivity contribution in [2.45, 2.75) is 25.9 Å². The van der Waals surface area contributed by atoms with Gasteiger partial charge in [-0.3, -0.25) is 9.59 Å². The third kappa shape index (κ3) is 3.07. The fourth-order valence-corrected chi connectivity index (χ4v) is 4.73. The van der Waals surface area contributed by atoms with Crippen LogP contribution in [0.3, 0.4) is 0 Å². The van der Waals surface area contributed by atoms with Gasteiger partial charge in [-0.05, 0) is 24.6 Å². The van der Waals surface area contributed by atoms with E-state index in [1.165, 1.54) is 11.3 Å². The normalized spacial score (nSPS) is 15.2. The van der Waals surface area contributed by atoms with Gasteiger partial charge in [-0.1, -0.05) is 43.3 Å². The number of hydrogen-bond acceptors (Lipinski definition) is 4. The van der Waals surface area contributed by atoms with Crippen molar-refractivity contribution < 1.29 is 9.59 Å². The number of para-hydroxylation sites is 2. The van der Waals surface area contributed by atoms with Crippen LogP contribution in [0.5, 0.6) is 0 Å². The Labute approximate surface area is 177 Å². The van der Waals surface area contributed by atoms with Crippen LogP contribution in [0.4, 0.5) is 5.69 Å². The molecule has 30 heavy (non-hydrogen) atoms. The van der Waals surface area contributed by atoms with Gasteiger partial charge in [0.1, 0.15) is 16.7 Å². The quantitative estimate of drug-likeness (QED) is 0.499. The van der Waals surface area contributed by atoms with E-state index in [0.717, 1.165) is 45.8 Å². The number of carbonyl (C=O) groups is 2. The molecule has 0 spiro atoms. The molecule has 0 radical (unpaired) electrons. The smallest absolute Gasteiger partial charge is 0.271 e. The Hall–Kier alpha value is -3.45. The van der Waals surface area contributed by atoms with E-state index in [2.05, 4.69) is 45.3 Å². The number of benzene rings is 2. The lowest BCUT2D eigenvalue weighted by Gasteiger charge is -2.10. The summed E-state index contributed by atoms with van der Waals surface area (Å²) in [5.74, 6) is -0.587. The summed E-state index contributed by atoms with van der Waals surface area (Å²) in [6, 6.07) is 17.0. The molecule has 1 atom stereocenters. The van der Waals surface area contributed by atoms with Crippen molar-refractivity contribution in [1.82, 2.24) is 14.9 Å². The summed E-state index contributed by atoms with van der Waals surface area (Å²) in [4.78, 5) is 29.7. The van der Waals surface area contributed by atoms with E-state index in [-0.39, 0.29) is 11.8 Å². The number of nitrogens with zero attached hydrogens (tertiary/aromatic N) is 2. The molecule has 0 bridgehead atoms. The monoisotopic (exact) mass is 416 g/mol. The van der Waals surface area contributed by atoms with Gasteiger partial charge in [-0.15, -0.1) is 11.3 Å². The van der Waals surface area contributed by atoms with E-state index in [0.29, 0.717) is 5.69 Å². The van der Waals surface area contributed by atoms with Gasteiger partial charge >= 0.3 is 0 Å². The maximum atomic E-state index is 12.8. The van der Waals surface area contributed by atoms with Gasteiger partial charge < -0.3 is 15.2 Å². The first kappa shape index (κ1) is 18.6. The molecule has 3 heterocycles. The summed E-state index contributed by atoms with van der Waals surface area (Å²) < 4.78 is 2.25. The highest BCUT2D eigenvalue weighted by molar-refractivity contribution is 7.13. The van der Waals surface area contributed by atoms with E-state index in [1.54, 1.807) is 5.38 Å². The van der Waals surface area contributed by atoms with Gasteiger partial charge in [0, 0.05) is 34.1 Å². The number of nitrogens with one attached hydrogen (secondary N) is 2. The van der Waals surface area contributed by atoms with Crippen LogP contribution < -0.4 is 10.6 Å². The molecule has 2 aromatic heterocycles. The zero-order valence-electron chi connectivity index (χ0n) is 16.4. The molecular formula is C23H20N4O2S. The van der Waals surface area contributed by atoms with Crippen LogP contribution in [-0.2, 0) is 11.3 Å². The molecular weight excluding hydrogens is 396 g/mol. The lowest BCUT2D eigenvalue weighted by atomic mass is 10.1. The number of aryl methyl sites for hydroxylation is 1. The molecule has 0 saturated heterocycles. The second kappa shape index (κ2) is 7.42. The van der Waals surface area contributed by atoms with E-state index in [1.807, 2.05) is 36.4 Å². The molecule has 150 valence electrons. The third-order valence-electron chi connectivity index (χ3n) is 5.28. The highest BCUT2D eigenvalue weighted by atomic mass is 32.1. The molecule has 0 aliphatic carbocycles. The van der Waals surface area contributed by atoms with Crippen molar-refractivity contribution in [3.8, 4) is 10.7 Å². The van der Waals surface area contributed by atoms with Gasteiger partial charge in [0.15, 0.2) is 0 Å². The Kier molecular flexibility index (Phi) is 4.59. The number of rotatable bonds is 5. The highest BCUT2D eigenvalue weighted by Crippen LogP contribution is 2.32. The first-order valence-corrected chi connectivity index (χ1v) is 10.8. The number of hydrogen-bond donors (Lipinski definition) is 2. The molecule has 1 aliphatic heterocycles. The molecule has 1 unspecified atom stereocenters. The Morgan fingerprint density at radius 3 is 2.87 bits per heavy atom. The van der Waals surface area contributed by atoms with Crippen LogP contribution >= 0.6 is 11.3 Å². The first-order valence-electron chi connectivity index (χ1n) is 9.90. The summed E-state index contributed by atoms with van der Waals surface area (Å²) in [6.45, 7) is 3.02. The van der Waals surface area contributed by atoms with Crippen LogP contribution in [0.2, 0.25) is 0 Å².